The van der Waals surface area contributed by atoms with Crippen LogP contribution in [0.3, 0.4) is 0 Å². The van der Waals surface area contributed by atoms with Gasteiger partial charge in [-0.1, -0.05) is 16.8 Å². The summed E-state index contributed by atoms with van der Waals surface area (Å²) in [5, 5.41) is 13.8. The highest BCUT2D eigenvalue weighted by Gasteiger charge is 2.18. The van der Waals surface area contributed by atoms with Crippen molar-refractivity contribution in [2.45, 2.75) is 0 Å². The number of nitrogens with two attached hydrogens (primary N) is 1. The Morgan fingerprint density at radius 2 is 2.25 bits per heavy atom. The summed E-state index contributed by atoms with van der Waals surface area (Å²) < 4.78 is 9.70. The molecule has 0 aliphatic rings. The smallest absolute Gasteiger partial charge is 0.230 e. The molecule has 5 nitrogen and oxygen atoms in total. The molecule has 0 spiro atoms. The molecule has 16 heavy (non-hydrogen) atoms. The predicted molar refractivity (Wildman–Crippen MR) is 59.6 cm³/mol. The lowest BCUT2D eigenvalue weighted by Crippen LogP contribution is -1.89. The molecule has 0 amide bonds. The van der Waals surface area contributed by atoms with E-state index in [2.05, 4.69) is 5.16 Å². The standard InChI is InChI=1S/C10H9ClN2O3/c1-15-7-3-2-6(11)8(9(7)14)5-4-13-16-10(5)12/h2-4,14H,12H2,1H3. The van der Waals surface area contributed by atoms with E-state index in [1.54, 1.807) is 12.1 Å². The number of hydrogen-bond donors (Lipinski definition) is 2. The molecule has 0 unspecified atom stereocenters. The van der Waals surface area contributed by atoms with Crippen molar-refractivity contribution in [2.24, 2.45) is 0 Å². The number of rotatable bonds is 2. The summed E-state index contributed by atoms with van der Waals surface area (Å²) in [7, 11) is 1.45. The molecule has 1 heterocycles. The van der Waals surface area contributed by atoms with Crippen molar-refractivity contribution in [3.63, 3.8) is 0 Å². The van der Waals surface area contributed by atoms with E-state index in [0.717, 1.165) is 0 Å². The maximum absolute atomic E-state index is 9.93. The van der Waals surface area contributed by atoms with Crippen molar-refractivity contribution < 1.29 is 14.4 Å². The Balaban J connectivity index is 2.69. The van der Waals surface area contributed by atoms with Gasteiger partial charge in [-0.05, 0) is 12.1 Å². The highest BCUT2D eigenvalue weighted by molar-refractivity contribution is 6.34. The number of nitrogens with zero attached hydrogens (tertiary/aromatic N) is 1. The minimum absolute atomic E-state index is 0.0884. The molecule has 0 fully saturated rings. The van der Waals surface area contributed by atoms with E-state index in [1.165, 1.54) is 13.3 Å². The molecule has 0 aliphatic carbocycles. The summed E-state index contributed by atoms with van der Waals surface area (Å²) in [4.78, 5) is 0. The zero-order valence-corrected chi connectivity index (χ0v) is 9.15. The molecular formula is C10H9ClN2O3. The lowest BCUT2D eigenvalue weighted by Gasteiger charge is -2.09. The monoisotopic (exact) mass is 240 g/mol. The van der Waals surface area contributed by atoms with Crippen molar-refractivity contribution >= 4 is 17.5 Å². The number of aromatic nitrogens is 1. The van der Waals surface area contributed by atoms with Crippen LogP contribution < -0.4 is 10.5 Å². The quantitative estimate of drug-likeness (QED) is 0.842. The van der Waals surface area contributed by atoms with Gasteiger partial charge in [0.05, 0.1) is 29.5 Å². The fourth-order valence-corrected chi connectivity index (χ4v) is 1.66. The first-order valence-corrected chi connectivity index (χ1v) is 4.79. The minimum atomic E-state index is -0.0927. The molecule has 0 aliphatic heterocycles. The zero-order chi connectivity index (χ0) is 11.7. The molecule has 6 heteroatoms. The van der Waals surface area contributed by atoms with Crippen molar-refractivity contribution in [3.05, 3.63) is 23.4 Å². The van der Waals surface area contributed by atoms with Crippen LogP contribution in [0.15, 0.2) is 22.9 Å². The molecular weight excluding hydrogens is 232 g/mol. The van der Waals surface area contributed by atoms with Crippen LogP contribution in [-0.2, 0) is 0 Å². The van der Waals surface area contributed by atoms with E-state index in [1.807, 2.05) is 0 Å². The number of phenols is 1. The van der Waals surface area contributed by atoms with Gasteiger partial charge in [-0.2, -0.15) is 0 Å². The van der Waals surface area contributed by atoms with Crippen LogP contribution in [0.4, 0.5) is 5.88 Å². The van der Waals surface area contributed by atoms with Crippen molar-refractivity contribution in [1.29, 1.82) is 0 Å². The van der Waals surface area contributed by atoms with Gasteiger partial charge < -0.3 is 20.1 Å². The second-order valence-corrected chi connectivity index (χ2v) is 3.48. The van der Waals surface area contributed by atoms with Crippen LogP contribution in [0.1, 0.15) is 0 Å². The average molecular weight is 241 g/mol. The third-order valence-electron chi connectivity index (χ3n) is 2.18. The Bertz CT molecular complexity index is 525. The van der Waals surface area contributed by atoms with Crippen molar-refractivity contribution in [3.8, 4) is 22.6 Å². The maximum atomic E-state index is 9.93. The maximum Gasteiger partial charge on any atom is 0.230 e. The molecule has 0 bridgehead atoms. The van der Waals surface area contributed by atoms with Gasteiger partial charge >= 0.3 is 0 Å². The second kappa shape index (κ2) is 3.94. The molecule has 0 radical (unpaired) electrons. The van der Waals surface area contributed by atoms with Crippen LogP contribution >= 0.6 is 11.6 Å². The summed E-state index contributed by atoms with van der Waals surface area (Å²) in [5.41, 5.74) is 6.34. The lowest BCUT2D eigenvalue weighted by molar-refractivity contribution is 0.374. The number of halogens is 1. The zero-order valence-electron chi connectivity index (χ0n) is 8.40. The molecule has 0 atom stereocenters. The Morgan fingerprint density at radius 3 is 2.81 bits per heavy atom. The molecule has 84 valence electrons. The lowest BCUT2D eigenvalue weighted by atomic mass is 10.1. The SMILES string of the molecule is COc1ccc(Cl)c(-c2cnoc2N)c1O. The van der Waals surface area contributed by atoms with Gasteiger partial charge in [0.15, 0.2) is 11.5 Å². The van der Waals surface area contributed by atoms with Crippen molar-refractivity contribution in [2.75, 3.05) is 12.8 Å². The number of benzene rings is 1. The van der Waals surface area contributed by atoms with Crippen LogP contribution in [-0.4, -0.2) is 17.4 Å². The van der Waals surface area contributed by atoms with E-state index in [-0.39, 0.29) is 11.6 Å². The first-order valence-electron chi connectivity index (χ1n) is 4.41. The van der Waals surface area contributed by atoms with Crippen LogP contribution in [0.5, 0.6) is 11.5 Å². The summed E-state index contributed by atoms with van der Waals surface area (Å²) in [6.07, 6.45) is 1.38. The Kier molecular flexibility index (Phi) is 2.62. The third kappa shape index (κ3) is 1.55. The summed E-state index contributed by atoms with van der Waals surface area (Å²) in [6, 6.07) is 3.16. The van der Waals surface area contributed by atoms with Gasteiger partial charge in [0.1, 0.15) is 0 Å². The van der Waals surface area contributed by atoms with Gasteiger partial charge in [0.2, 0.25) is 5.88 Å². The van der Waals surface area contributed by atoms with Gasteiger partial charge in [0.25, 0.3) is 0 Å². The van der Waals surface area contributed by atoms with E-state index < -0.39 is 0 Å². The molecule has 2 rings (SSSR count). The average Bonchev–Trinajstić information content (AvgIpc) is 2.66. The van der Waals surface area contributed by atoms with Gasteiger partial charge in [0, 0.05) is 0 Å². The number of aromatic hydroxyl groups is 1. The highest BCUT2D eigenvalue weighted by atomic mass is 35.5. The summed E-state index contributed by atoms with van der Waals surface area (Å²) in [5.74, 6) is 0.301. The van der Waals surface area contributed by atoms with Gasteiger partial charge in [-0.15, -0.1) is 0 Å². The van der Waals surface area contributed by atoms with E-state index >= 15 is 0 Å². The molecule has 1 aromatic carbocycles. The Labute approximate surface area is 96.4 Å². The topological polar surface area (TPSA) is 81.5 Å². The number of nitrogen functional groups attached to an aromatic ring is 1. The first kappa shape index (κ1) is 10.6. The largest absolute Gasteiger partial charge is 0.504 e. The Morgan fingerprint density at radius 1 is 1.50 bits per heavy atom. The van der Waals surface area contributed by atoms with E-state index in [4.69, 9.17) is 26.6 Å². The van der Waals surface area contributed by atoms with Crippen LogP contribution in [0, 0.1) is 0 Å². The number of anilines is 1. The molecule has 2 aromatic rings. The molecule has 3 N–H and O–H groups in total. The van der Waals surface area contributed by atoms with Crippen molar-refractivity contribution in [1.82, 2.24) is 5.16 Å². The third-order valence-corrected chi connectivity index (χ3v) is 2.49. The Hall–Kier alpha value is -1.88. The summed E-state index contributed by atoms with van der Waals surface area (Å²) in [6.45, 7) is 0. The van der Waals surface area contributed by atoms with E-state index in [0.29, 0.717) is 21.9 Å². The fourth-order valence-electron chi connectivity index (χ4n) is 1.40. The predicted octanol–water partition coefficient (Wildman–Crippen LogP) is 2.29. The molecule has 1 aromatic heterocycles. The number of hydrogen-bond acceptors (Lipinski definition) is 5. The van der Waals surface area contributed by atoms with Crippen LogP contribution in [0.2, 0.25) is 5.02 Å². The van der Waals surface area contributed by atoms with Gasteiger partial charge in [-0.3, -0.25) is 0 Å². The normalized spacial score (nSPS) is 10.4. The first-order chi connectivity index (χ1) is 7.65. The molecule has 0 saturated carbocycles. The van der Waals surface area contributed by atoms with E-state index in [9.17, 15) is 5.11 Å². The fraction of sp³-hybridized carbons (Fsp3) is 0.100. The summed E-state index contributed by atoms with van der Waals surface area (Å²) >= 11 is 5.98. The van der Waals surface area contributed by atoms with Gasteiger partial charge in [-0.25, -0.2) is 0 Å². The number of methoxy groups -OCH3 is 1. The number of phenolic OH excluding ortho intramolecular Hbond substituents is 1. The second-order valence-electron chi connectivity index (χ2n) is 3.08. The minimum Gasteiger partial charge on any atom is -0.504 e. The molecule has 0 saturated heterocycles. The highest BCUT2D eigenvalue weighted by Crippen LogP contribution is 2.43. The number of ether oxygens (including phenoxy) is 1. The van der Waals surface area contributed by atoms with Crippen LogP contribution in [0.25, 0.3) is 11.1 Å².